The molecule has 3 nitrogen and oxygen atoms in total. The van der Waals surface area contributed by atoms with Crippen molar-refractivity contribution in [2.45, 2.75) is 12.8 Å². The molecular weight excluding hydrogens is 210 g/mol. The van der Waals surface area contributed by atoms with Crippen molar-refractivity contribution < 1.29 is 0 Å². The number of hydrogen-bond acceptors (Lipinski definition) is 2. The molecule has 0 atom stereocenters. The van der Waals surface area contributed by atoms with Gasteiger partial charge in [-0.2, -0.15) is 0 Å². The van der Waals surface area contributed by atoms with Gasteiger partial charge in [0.1, 0.15) is 0 Å². The second-order valence-electron chi connectivity index (χ2n) is 4.41. The van der Waals surface area contributed by atoms with E-state index >= 15 is 0 Å². The third kappa shape index (κ3) is 2.80. The van der Waals surface area contributed by atoms with Crippen molar-refractivity contribution >= 4 is 16.6 Å². The Bertz CT molecular complexity index is 473. The van der Waals surface area contributed by atoms with Gasteiger partial charge >= 0.3 is 0 Å². The molecule has 0 aliphatic rings. The summed E-state index contributed by atoms with van der Waals surface area (Å²) in [5.74, 6) is 0. The summed E-state index contributed by atoms with van der Waals surface area (Å²) in [7, 11) is 4.09. The zero-order valence-corrected chi connectivity index (χ0v) is 10.7. The van der Waals surface area contributed by atoms with Crippen LogP contribution in [-0.2, 0) is 7.05 Å². The summed E-state index contributed by atoms with van der Waals surface area (Å²) < 4.78 is 2.17. The lowest BCUT2D eigenvalue weighted by atomic mass is 10.2. The van der Waals surface area contributed by atoms with E-state index in [1.807, 2.05) is 7.05 Å². The Labute approximate surface area is 103 Å². The van der Waals surface area contributed by atoms with Crippen LogP contribution in [0.15, 0.2) is 30.5 Å². The minimum atomic E-state index is 1.04. The Balaban J connectivity index is 1.99. The van der Waals surface area contributed by atoms with Crippen LogP contribution in [-0.4, -0.2) is 24.7 Å². The molecule has 17 heavy (non-hydrogen) atoms. The average molecular weight is 231 g/mol. The molecule has 0 aliphatic heterocycles. The molecule has 92 valence electrons. The van der Waals surface area contributed by atoms with Crippen molar-refractivity contribution in [3.05, 3.63) is 30.5 Å². The Kier molecular flexibility index (Phi) is 4.04. The number of rotatable bonds is 6. The Morgan fingerprint density at radius 1 is 1.12 bits per heavy atom. The monoisotopic (exact) mass is 231 g/mol. The van der Waals surface area contributed by atoms with Gasteiger partial charge in [-0.15, -0.1) is 0 Å². The molecule has 0 unspecified atom stereocenters. The van der Waals surface area contributed by atoms with Gasteiger partial charge in [-0.25, -0.2) is 0 Å². The summed E-state index contributed by atoms with van der Waals surface area (Å²) in [6.45, 7) is 2.13. The topological polar surface area (TPSA) is 29.0 Å². The van der Waals surface area contributed by atoms with Crippen LogP contribution in [0.5, 0.6) is 0 Å². The number of aryl methyl sites for hydroxylation is 1. The molecule has 0 bridgehead atoms. The van der Waals surface area contributed by atoms with E-state index in [1.165, 1.54) is 29.4 Å². The van der Waals surface area contributed by atoms with Crippen molar-refractivity contribution in [2.24, 2.45) is 7.05 Å². The summed E-state index contributed by atoms with van der Waals surface area (Å²) in [6.07, 6.45) is 4.58. The van der Waals surface area contributed by atoms with Gasteiger partial charge in [-0.3, -0.25) is 0 Å². The van der Waals surface area contributed by atoms with Crippen molar-refractivity contribution in [1.82, 2.24) is 9.88 Å². The van der Waals surface area contributed by atoms with Crippen molar-refractivity contribution in [1.29, 1.82) is 0 Å². The molecule has 2 N–H and O–H groups in total. The van der Waals surface area contributed by atoms with Crippen LogP contribution in [0.3, 0.4) is 0 Å². The van der Waals surface area contributed by atoms with Crippen molar-refractivity contribution in [2.75, 3.05) is 25.5 Å². The normalized spacial score (nSPS) is 10.9. The Morgan fingerprint density at radius 2 is 1.88 bits per heavy atom. The van der Waals surface area contributed by atoms with Gasteiger partial charge in [-0.05, 0) is 32.5 Å². The third-order valence-corrected chi connectivity index (χ3v) is 3.07. The second kappa shape index (κ2) is 5.73. The Hall–Kier alpha value is -1.48. The highest BCUT2D eigenvalue weighted by Gasteiger charge is 2.04. The molecule has 0 saturated carbocycles. The number of aromatic nitrogens is 1. The number of benzene rings is 1. The summed E-state index contributed by atoms with van der Waals surface area (Å²) in [4.78, 5) is 0. The highest BCUT2D eigenvalue weighted by atomic mass is 15.0. The lowest BCUT2D eigenvalue weighted by Crippen LogP contribution is -2.10. The predicted molar refractivity (Wildman–Crippen MR) is 74.6 cm³/mol. The fourth-order valence-electron chi connectivity index (χ4n) is 2.13. The number of anilines is 1. The second-order valence-corrected chi connectivity index (χ2v) is 4.41. The standard InChI is InChI=1S/C14H21N3/c1-15-9-5-6-10-16-13-11-17(2)14-8-4-3-7-12(13)14/h3-4,7-8,11,15-16H,5-6,9-10H2,1-2H3. The zero-order valence-electron chi connectivity index (χ0n) is 10.7. The van der Waals surface area contributed by atoms with Crippen LogP contribution >= 0.6 is 0 Å². The number of nitrogens with one attached hydrogen (secondary N) is 2. The number of hydrogen-bond donors (Lipinski definition) is 2. The summed E-state index contributed by atoms with van der Waals surface area (Å²) in [6, 6.07) is 8.50. The van der Waals surface area contributed by atoms with Gasteiger partial charge < -0.3 is 15.2 Å². The molecule has 0 aliphatic carbocycles. The smallest absolute Gasteiger partial charge is 0.0599 e. The fourth-order valence-corrected chi connectivity index (χ4v) is 2.13. The molecule has 1 aromatic carbocycles. The molecule has 0 amide bonds. The van der Waals surface area contributed by atoms with Gasteiger partial charge in [0.2, 0.25) is 0 Å². The minimum absolute atomic E-state index is 1.04. The van der Waals surface area contributed by atoms with E-state index < -0.39 is 0 Å². The fraction of sp³-hybridized carbons (Fsp3) is 0.429. The zero-order chi connectivity index (χ0) is 12.1. The summed E-state index contributed by atoms with van der Waals surface area (Å²) >= 11 is 0. The predicted octanol–water partition coefficient (Wildman–Crippen LogP) is 2.59. The largest absolute Gasteiger partial charge is 0.383 e. The van der Waals surface area contributed by atoms with E-state index in [-0.39, 0.29) is 0 Å². The molecular formula is C14H21N3. The number of fused-ring (bicyclic) bond motifs is 1. The lowest BCUT2D eigenvalue weighted by Gasteiger charge is -2.04. The summed E-state index contributed by atoms with van der Waals surface area (Å²) in [5.41, 5.74) is 2.53. The maximum atomic E-state index is 3.52. The molecule has 0 radical (unpaired) electrons. The average Bonchev–Trinajstić information content (AvgIpc) is 2.67. The highest BCUT2D eigenvalue weighted by molar-refractivity contribution is 5.92. The van der Waals surface area contributed by atoms with E-state index in [0.717, 1.165) is 13.1 Å². The Morgan fingerprint density at radius 3 is 2.71 bits per heavy atom. The quantitative estimate of drug-likeness (QED) is 0.748. The molecule has 2 aromatic rings. The SMILES string of the molecule is CNCCCCNc1cn(C)c2ccccc12. The number of unbranched alkanes of at least 4 members (excludes halogenated alkanes) is 1. The first-order valence-electron chi connectivity index (χ1n) is 6.25. The minimum Gasteiger partial charge on any atom is -0.383 e. The van der Waals surface area contributed by atoms with Crippen LogP contribution in [0.4, 0.5) is 5.69 Å². The molecule has 1 aromatic heterocycles. The van der Waals surface area contributed by atoms with Crippen LogP contribution in [0.1, 0.15) is 12.8 Å². The van der Waals surface area contributed by atoms with E-state index in [4.69, 9.17) is 0 Å². The summed E-state index contributed by atoms with van der Waals surface area (Å²) in [5, 5.41) is 8.00. The molecule has 0 fully saturated rings. The van der Waals surface area contributed by atoms with Gasteiger partial charge in [0, 0.05) is 30.7 Å². The van der Waals surface area contributed by atoms with Gasteiger partial charge in [0.05, 0.1) is 5.69 Å². The number of nitrogens with zero attached hydrogens (tertiary/aromatic N) is 1. The maximum absolute atomic E-state index is 3.52. The van der Waals surface area contributed by atoms with E-state index in [2.05, 4.69) is 52.7 Å². The van der Waals surface area contributed by atoms with E-state index in [0.29, 0.717) is 0 Å². The van der Waals surface area contributed by atoms with E-state index in [9.17, 15) is 0 Å². The molecule has 2 rings (SSSR count). The van der Waals surface area contributed by atoms with Crippen LogP contribution in [0, 0.1) is 0 Å². The van der Waals surface area contributed by atoms with Crippen LogP contribution in [0.2, 0.25) is 0 Å². The lowest BCUT2D eigenvalue weighted by molar-refractivity contribution is 0.694. The molecule has 1 heterocycles. The molecule has 0 spiro atoms. The van der Waals surface area contributed by atoms with E-state index in [1.54, 1.807) is 0 Å². The first-order valence-corrected chi connectivity index (χ1v) is 6.25. The van der Waals surface area contributed by atoms with Crippen molar-refractivity contribution in [3.63, 3.8) is 0 Å². The maximum Gasteiger partial charge on any atom is 0.0599 e. The highest BCUT2D eigenvalue weighted by Crippen LogP contribution is 2.24. The molecule has 3 heteroatoms. The first kappa shape index (κ1) is 12.0. The molecule has 0 saturated heterocycles. The van der Waals surface area contributed by atoms with Gasteiger partial charge in [-0.1, -0.05) is 18.2 Å². The third-order valence-electron chi connectivity index (χ3n) is 3.07. The van der Waals surface area contributed by atoms with Gasteiger partial charge in [0.15, 0.2) is 0 Å². The van der Waals surface area contributed by atoms with Gasteiger partial charge in [0.25, 0.3) is 0 Å². The first-order chi connectivity index (χ1) is 8.33. The van der Waals surface area contributed by atoms with Crippen LogP contribution in [0.25, 0.3) is 10.9 Å². The number of para-hydroxylation sites is 1. The van der Waals surface area contributed by atoms with Crippen LogP contribution < -0.4 is 10.6 Å². The van der Waals surface area contributed by atoms with Crippen molar-refractivity contribution in [3.8, 4) is 0 Å².